The molecule has 1 spiro atoms. The zero-order valence-corrected chi connectivity index (χ0v) is 15.2. The maximum absolute atomic E-state index is 12.3. The highest BCUT2D eigenvalue weighted by Gasteiger charge is 2.43. The number of nitrogens with zero attached hydrogens (tertiary/aromatic N) is 2. The monoisotopic (exact) mass is 362 g/mol. The van der Waals surface area contributed by atoms with Gasteiger partial charge in [-0.05, 0) is 25.0 Å². The number of benzene rings is 1. The van der Waals surface area contributed by atoms with Gasteiger partial charge in [-0.2, -0.15) is 0 Å². The van der Waals surface area contributed by atoms with Crippen molar-refractivity contribution in [1.29, 1.82) is 0 Å². The number of para-hydroxylation sites is 1. The Labute approximate surface area is 153 Å². The predicted octanol–water partition coefficient (Wildman–Crippen LogP) is 1.07. The predicted molar refractivity (Wildman–Crippen MR) is 96.0 cm³/mol. The molecule has 0 aliphatic carbocycles. The summed E-state index contributed by atoms with van der Waals surface area (Å²) < 4.78 is 16.2. The van der Waals surface area contributed by atoms with Crippen LogP contribution in [-0.4, -0.2) is 75.5 Å². The Bertz CT molecular complexity index is 614. The van der Waals surface area contributed by atoms with Crippen molar-refractivity contribution >= 4 is 17.5 Å². The lowest BCUT2D eigenvalue weighted by Crippen LogP contribution is -2.59. The van der Waals surface area contributed by atoms with Gasteiger partial charge in [0.2, 0.25) is 5.91 Å². The van der Waals surface area contributed by atoms with Crippen LogP contribution < -0.4 is 4.90 Å². The van der Waals surface area contributed by atoms with Crippen molar-refractivity contribution in [2.75, 3.05) is 58.1 Å². The molecule has 2 fully saturated rings. The standard InChI is InChI=1S/C19H26N2O5/c1-24-11-12-25-13-17(22)20-9-7-19(8-10-20)15-21(18(23)14-26-19)16-5-3-2-4-6-16/h2-6H,7-15H2,1H3. The first kappa shape index (κ1) is 18.8. The third kappa shape index (κ3) is 4.41. The number of carbonyl (C=O) groups excluding carboxylic acids is 2. The average molecular weight is 362 g/mol. The zero-order valence-electron chi connectivity index (χ0n) is 15.2. The summed E-state index contributed by atoms with van der Waals surface area (Å²) in [6, 6.07) is 9.66. The van der Waals surface area contributed by atoms with Gasteiger partial charge < -0.3 is 24.0 Å². The van der Waals surface area contributed by atoms with Gasteiger partial charge in [0.25, 0.3) is 5.91 Å². The van der Waals surface area contributed by atoms with E-state index in [0.29, 0.717) is 45.7 Å². The SMILES string of the molecule is COCCOCC(=O)N1CCC2(CC1)CN(c1ccccc1)C(=O)CO2. The minimum Gasteiger partial charge on any atom is -0.382 e. The summed E-state index contributed by atoms with van der Waals surface area (Å²) in [5, 5.41) is 0. The fourth-order valence-corrected chi connectivity index (χ4v) is 3.42. The second-order valence-electron chi connectivity index (χ2n) is 6.71. The van der Waals surface area contributed by atoms with Gasteiger partial charge in [-0.25, -0.2) is 0 Å². The largest absolute Gasteiger partial charge is 0.382 e. The zero-order chi connectivity index (χ0) is 18.4. The van der Waals surface area contributed by atoms with Gasteiger partial charge >= 0.3 is 0 Å². The number of piperidine rings is 1. The number of hydrogen-bond acceptors (Lipinski definition) is 5. The fourth-order valence-electron chi connectivity index (χ4n) is 3.42. The molecule has 26 heavy (non-hydrogen) atoms. The number of methoxy groups -OCH3 is 1. The molecule has 1 aromatic carbocycles. The normalized spacial score (nSPS) is 19.8. The third-order valence-electron chi connectivity index (χ3n) is 5.00. The lowest BCUT2D eigenvalue weighted by atomic mass is 9.89. The molecular formula is C19H26N2O5. The Hall–Kier alpha value is -1.96. The van der Waals surface area contributed by atoms with Crippen LogP contribution in [0.4, 0.5) is 5.69 Å². The molecular weight excluding hydrogens is 336 g/mol. The summed E-state index contributed by atoms with van der Waals surface area (Å²) in [6.07, 6.45) is 1.43. The highest BCUT2D eigenvalue weighted by Crippen LogP contribution is 2.32. The molecule has 1 aromatic rings. The molecule has 7 nitrogen and oxygen atoms in total. The Kier molecular flexibility index (Phi) is 6.24. The van der Waals surface area contributed by atoms with E-state index >= 15 is 0 Å². The van der Waals surface area contributed by atoms with Crippen molar-refractivity contribution in [3.8, 4) is 0 Å². The van der Waals surface area contributed by atoms with Crippen molar-refractivity contribution in [3.05, 3.63) is 30.3 Å². The summed E-state index contributed by atoms with van der Waals surface area (Å²) in [4.78, 5) is 28.1. The molecule has 2 aliphatic rings. The van der Waals surface area contributed by atoms with Crippen LogP contribution in [-0.2, 0) is 23.8 Å². The van der Waals surface area contributed by atoms with E-state index in [0.717, 1.165) is 5.69 Å². The van der Waals surface area contributed by atoms with Crippen molar-refractivity contribution in [2.24, 2.45) is 0 Å². The van der Waals surface area contributed by atoms with Gasteiger partial charge in [0.05, 0.1) is 25.4 Å². The Balaban J connectivity index is 1.54. The van der Waals surface area contributed by atoms with Crippen LogP contribution >= 0.6 is 0 Å². The van der Waals surface area contributed by atoms with Crippen LogP contribution in [0.15, 0.2) is 30.3 Å². The van der Waals surface area contributed by atoms with Gasteiger partial charge in [0.1, 0.15) is 13.2 Å². The number of morpholine rings is 1. The summed E-state index contributed by atoms with van der Waals surface area (Å²) in [6.45, 7) is 2.81. The van der Waals surface area contributed by atoms with E-state index in [-0.39, 0.29) is 30.6 Å². The van der Waals surface area contributed by atoms with Crippen LogP contribution in [0, 0.1) is 0 Å². The van der Waals surface area contributed by atoms with Gasteiger partial charge in [-0.15, -0.1) is 0 Å². The van der Waals surface area contributed by atoms with Crippen LogP contribution in [0.3, 0.4) is 0 Å². The Morgan fingerprint density at radius 1 is 1.19 bits per heavy atom. The van der Waals surface area contributed by atoms with E-state index in [2.05, 4.69) is 0 Å². The van der Waals surface area contributed by atoms with E-state index in [1.807, 2.05) is 35.2 Å². The van der Waals surface area contributed by atoms with Crippen molar-refractivity contribution in [3.63, 3.8) is 0 Å². The molecule has 2 amide bonds. The number of rotatable bonds is 6. The topological polar surface area (TPSA) is 68.3 Å². The minimum absolute atomic E-state index is 0.0113. The van der Waals surface area contributed by atoms with Crippen LogP contribution in [0.1, 0.15) is 12.8 Å². The summed E-state index contributed by atoms with van der Waals surface area (Å²) in [5.74, 6) is -0.0328. The third-order valence-corrected chi connectivity index (χ3v) is 5.00. The summed E-state index contributed by atoms with van der Waals surface area (Å²) in [5.41, 5.74) is 0.516. The highest BCUT2D eigenvalue weighted by atomic mass is 16.5. The van der Waals surface area contributed by atoms with Gasteiger partial charge in [0, 0.05) is 25.9 Å². The van der Waals surface area contributed by atoms with E-state index in [9.17, 15) is 9.59 Å². The molecule has 0 unspecified atom stereocenters. The number of amides is 2. The van der Waals surface area contributed by atoms with Crippen LogP contribution in [0.5, 0.6) is 0 Å². The number of anilines is 1. The maximum atomic E-state index is 12.3. The Morgan fingerprint density at radius 2 is 1.92 bits per heavy atom. The summed E-state index contributed by atoms with van der Waals surface area (Å²) in [7, 11) is 1.60. The Morgan fingerprint density at radius 3 is 2.62 bits per heavy atom. The molecule has 2 heterocycles. The molecule has 0 saturated carbocycles. The maximum Gasteiger partial charge on any atom is 0.253 e. The smallest absolute Gasteiger partial charge is 0.253 e. The molecule has 0 atom stereocenters. The van der Waals surface area contributed by atoms with Crippen molar-refractivity contribution < 1.29 is 23.8 Å². The molecule has 0 N–H and O–H groups in total. The molecule has 0 radical (unpaired) electrons. The van der Waals surface area contributed by atoms with Crippen LogP contribution in [0.25, 0.3) is 0 Å². The number of ether oxygens (including phenoxy) is 3. The van der Waals surface area contributed by atoms with E-state index in [1.54, 1.807) is 12.0 Å². The molecule has 142 valence electrons. The first-order valence-electron chi connectivity index (χ1n) is 8.97. The quantitative estimate of drug-likeness (QED) is 0.708. The molecule has 2 aliphatic heterocycles. The molecule has 0 bridgehead atoms. The molecule has 3 rings (SSSR count). The lowest BCUT2D eigenvalue weighted by Gasteiger charge is -2.47. The van der Waals surface area contributed by atoms with E-state index in [1.165, 1.54) is 0 Å². The first-order valence-corrected chi connectivity index (χ1v) is 8.97. The molecule has 7 heteroatoms. The van der Waals surface area contributed by atoms with Crippen molar-refractivity contribution in [1.82, 2.24) is 4.90 Å². The number of likely N-dealkylation sites (tertiary alicyclic amines) is 1. The van der Waals surface area contributed by atoms with E-state index in [4.69, 9.17) is 14.2 Å². The highest BCUT2D eigenvalue weighted by molar-refractivity contribution is 5.95. The molecule has 0 aromatic heterocycles. The minimum atomic E-state index is -0.378. The van der Waals surface area contributed by atoms with Gasteiger partial charge in [-0.1, -0.05) is 18.2 Å². The number of hydrogen-bond donors (Lipinski definition) is 0. The van der Waals surface area contributed by atoms with Crippen LogP contribution in [0.2, 0.25) is 0 Å². The second kappa shape index (κ2) is 8.62. The summed E-state index contributed by atoms with van der Waals surface area (Å²) >= 11 is 0. The van der Waals surface area contributed by atoms with Gasteiger partial charge in [0.15, 0.2) is 0 Å². The first-order chi connectivity index (χ1) is 12.6. The van der Waals surface area contributed by atoms with Crippen molar-refractivity contribution in [2.45, 2.75) is 18.4 Å². The van der Waals surface area contributed by atoms with Gasteiger partial charge in [-0.3, -0.25) is 9.59 Å². The molecule has 2 saturated heterocycles. The number of carbonyl (C=O) groups is 2. The lowest BCUT2D eigenvalue weighted by molar-refractivity contribution is -0.152. The van der Waals surface area contributed by atoms with E-state index < -0.39 is 0 Å². The average Bonchev–Trinajstić information content (AvgIpc) is 2.68. The fraction of sp³-hybridized carbons (Fsp3) is 0.579. The second-order valence-corrected chi connectivity index (χ2v) is 6.71.